The quantitative estimate of drug-likeness (QED) is 0.487. The maximum atomic E-state index is 13.0. The third-order valence-corrected chi connectivity index (χ3v) is 4.23. The Balaban J connectivity index is 1.67. The molecule has 5 nitrogen and oxygen atoms in total. The van der Waals surface area contributed by atoms with Crippen molar-refractivity contribution in [1.29, 1.82) is 0 Å². The lowest BCUT2D eigenvalue weighted by Gasteiger charge is -2.11. The van der Waals surface area contributed by atoms with Gasteiger partial charge >= 0.3 is 0 Å². The highest BCUT2D eigenvalue weighted by Crippen LogP contribution is 2.49. The molecule has 1 saturated carbocycles. The molecule has 1 amide bonds. The molecule has 1 aromatic heterocycles. The average molecular weight is 359 g/mol. The van der Waals surface area contributed by atoms with E-state index in [0.717, 1.165) is 18.4 Å². The lowest BCUT2D eigenvalue weighted by atomic mass is 9.95. The number of nitrogens with two attached hydrogens (primary N) is 1. The van der Waals surface area contributed by atoms with Crippen LogP contribution >= 0.6 is 11.6 Å². The zero-order valence-corrected chi connectivity index (χ0v) is 14.0. The summed E-state index contributed by atoms with van der Waals surface area (Å²) in [5, 5.41) is 3.42. The van der Waals surface area contributed by atoms with Crippen LogP contribution in [0.5, 0.6) is 0 Å². The first-order valence-corrected chi connectivity index (χ1v) is 8.07. The van der Waals surface area contributed by atoms with E-state index in [0.29, 0.717) is 10.7 Å². The Morgan fingerprint density at radius 2 is 2.16 bits per heavy atom. The second-order valence-corrected chi connectivity index (χ2v) is 6.22. The lowest BCUT2D eigenvalue weighted by molar-refractivity contribution is -0.120. The Labute approximate surface area is 149 Å². The molecule has 0 bridgehead atoms. The van der Waals surface area contributed by atoms with E-state index in [9.17, 15) is 9.18 Å². The highest BCUT2D eigenvalue weighted by molar-refractivity contribution is 6.30. The summed E-state index contributed by atoms with van der Waals surface area (Å²) in [5.74, 6) is -0.806. The third-order valence-electron chi connectivity index (χ3n) is 4.00. The van der Waals surface area contributed by atoms with E-state index in [-0.39, 0.29) is 11.7 Å². The Morgan fingerprint density at radius 3 is 2.84 bits per heavy atom. The number of benzene rings is 1. The molecule has 1 fully saturated rings. The summed E-state index contributed by atoms with van der Waals surface area (Å²) in [6.45, 7) is 0. The smallest absolute Gasteiger partial charge is 0.258 e. The van der Waals surface area contributed by atoms with Gasteiger partial charge in [0.15, 0.2) is 0 Å². The van der Waals surface area contributed by atoms with Crippen molar-refractivity contribution in [2.75, 3.05) is 5.32 Å². The Bertz CT molecular complexity index is 862. The molecule has 0 atom stereocenters. The van der Waals surface area contributed by atoms with Gasteiger partial charge in [-0.05, 0) is 42.7 Å². The third kappa shape index (κ3) is 4.03. The van der Waals surface area contributed by atoms with Crippen molar-refractivity contribution in [3.8, 4) is 0 Å². The number of rotatable bonds is 5. The van der Waals surface area contributed by atoms with Gasteiger partial charge < -0.3 is 11.1 Å². The number of aromatic nitrogens is 1. The summed E-state index contributed by atoms with van der Waals surface area (Å²) in [4.78, 5) is 19.9. The summed E-state index contributed by atoms with van der Waals surface area (Å²) < 4.78 is 13.0. The monoisotopic (exact) mass is 358 g/mol. The van der Waals surface area contributed by atoms with Gasteiger partial charge in [0.1, 0.15) is 5.84 Å². The highest BCUT2D eigenvalue weighted by Gasteiger charge is 2.51. The first kappa shape index (κ1) is 17.1. The van der Waals surface area contributed by atoms with Crippen LogP contribution in [-0.4, -0.2) is 16.7 Å². The van der Waals surface area contributed by atoms with Crippen LogP contribution in [0.3, 0.4) is 0 Å². The fraction of sp³-hybridized carbons (Fsp3) is 0.167. The van der Waals surface area contributed by atoms with Crippen LogP contribution in [0.2, 0.25) is 5.02 Å². The lowest BCUT2D eigenvalue weighted by Crippen LogP contribution is -2.22. The van der Waals surface area contributed by atoms with Crippen LogP contribution in [0.1, 0.15) is 18.4 Å². The van der Waals surface area contributed by atoms with E-state index in [1.54, 1.807) is 18.2 Å². The molecule has 0 radical (unpaired) electrons. The van der Waals surface area contributed by atoms with Crippen molar-refractivity contribution in [3.05, 3.63) is 71.4 Å². The van der Waals surface area contributed by atoms with Crippen molar-refractivity contribution in [1.82, 2.24) is 4.98 Å². The minimum atomic E-state index is -0.620. The fourth-order valence-corrected chi connectivity index (χ4v) is 2.70. The van der Waals surface area contributed by atoms with Gasteiger partial charge in [-0.1, -0.05) is 23.7 Å². The molecule has 128 valence electrons. The zero-order valence-electron chi connectivity index (χ0n) is 13.2. The summed E-state index contributed by atoms with van der Waals surface area (Å²) >= 11 is 6.00. The van der Waals surface area contributed by atoms with Crippen LogP contribution in [0.25, 0.3) is 0 Å². The second-order valence-electron chi connectivity index (χ2n) is 5.78. The number of amides is 1. The number of pyridine rings is 1. The predicted octanol–water partition coefficient (Wildman–Crippen LogP) is 3.42. The van der Waals surface area contributed by atoms with E-state index < -0.39 is 11.4 Å². The maximum absolute atomic E-state index is 13.0. The molecule has 0 saturated heterocycles. The molecule has 1 aliphatic carbocycles. The number of halogens is 2. The minimum absolute atomic E-state index is 0.0698. The number of hydrogen-bond acceptors (Lipinski definition) is 3. The number of amidine groups is 1. The number of nitrogens with zero attached hydrogens (tertiary/aromatic N) is 2. The molecule has 2 aromatic rings. The highest BCUT2D eigenvalue weighted by atomic mass is 35.5. The molecule has 7 heteroatoms. The van der Waals surface area contributed by atoms with Crippen molar-refractivity contribution in [3.63, 3.8) is 0 Å². The molecule has 0 spiro atoms. The standard InChI is InChI=1S/C18H16ClFN4O/c19-13-3-1-2-12(10-13)18(6-7-18)17(25)24-16(21)5-9-22-14-4-8-23-15(20)11-14/h1-5,8-11H,6-7H2,(H,22,23)(H2,21,24,25)/b9-5-. The molecular weight excluding hydrogens is 343 g/mol. The number of carbonyl (C=O) groups is 1. The minimum Gasteiger partial charge on any atom is -0.384 e. The molecule has 0 aliphatic heterocycles. The first-order chi connectivity index (χ1) is 12.0. The normalized spacial score (nSPS) is 16.0. The van der Waals surface area contributed by atoms with Crippen LogP contribution < -0.4 is 11.1 Å². The van der Waals surface area contributed by atoms with Crippen LogP contribution in [0.4, 0.5) is 10.1 Å². The van der Waals surface area contributed by atoms with Crippen LogP contribution in [-0.2, 0) is 10.2 Å². The zero-order chi connectivity index (χ0) is 17.9. The van der Waals surface area contributed by atoms with Crippen molar-refractivity contribution < 1.29 is 9.18 Å². The van der Waals surface area contributed by atoms with Gasteiger partial charge in [-0.25, -0.2) is 4.98 Å². The second kappa shape index (κ2) is 7.03. The molecule has 3 N–H and O–H groups in total. The van der Waals surface area contributed by atoms with E-state index >= 15 is 0 Å². The summed E-state index contributed by atoms with van der Waals surface area (Å²) in [5.41, 5.74) is 6.54. The van der Waals surface area contributed by atoms with Gasteiger partial charge in [0, 0.05) is 29.2 Å². The van der Waals surface area contributed by atoms with Crippen LogP contribution in [0, 0.1) is 5.95 Å². The molecule has 0 unspecified atom stereocenters. The number of nitrogens with one attached hydrogen (secondary N) is 1. The first-order valence-electron chi connectivity index (χ1n) is 7.69. The predicted molar refractivity (Wildman–Crippen MR) is 96.0 cm³/mol. The molecule has 25 heavy (non-hydrogen) atoms. The van der Waals surface area contributed by atoms with Gasteiger partial charge in [-0.3, -0.25) is 4.79 Å². The number of hydrogen-bond donors (Lipinski definition) is 2. The summed E-state index contributed by atoms with van der Waals surface area (Å²) in [6, 6.07) is 10.1. The Morgan fingerprint density at radius 1 is 1.36 bits per heavy atom. The number of carbonyl (C=O) groups excluding carboxylic acids is 1. The Kier molecular flexibility index (Phi) is 4.81. The Hall–Kier alpha value is -2.73. The maximum Gasteiger partial charge on any atom is 0.258 e. The molecule has 1 aromatic carbocycles. The van der Waals surface area contributed by atoms with Crippen LogP contribution in [0.15, 0.2) is 59.9 Å². The number of anilines is 1. The van der Waals surface area contributed by atoms with E-state index in [4.69, 9.17) is 17.3 Å². The van der Waals surface area contributed by atoms with Crippen molar-refractivity contribution in [2.24, 2.45) is 10.7 Å². The molecule has 1 heterocycles. The number of aliphatic imine (C=N–C) groups is 1. The SMILES string of the molecule is NC(/C=C\Nc1ccnc(F)c1)=NC(=O)C1(c2cccc(Cl)c2)CC1. The van der Waals surface area contributed by atoms with Gasteiger partial charge in [0.25, 0.3) is 5.91 Å². The largest absolute Gasteiger partial charge is 0.384 e. The van der Waals surface area contributed by atoms with Gasteiger partial charge in [0.2, 0.25) is 5.95 Å². The molecular formula is C18H16ClFN4O. The van der Waals surface area contributed by atoms with Crippen molar-refractivity contribution in [2.45, 2.75) is 18.3 Å². The summed E-state index contributed by atoms with van der Waals surface area (Å²) in [6.07, 6.45) is 5.72. The van der Waals surface area contributed by atoms with Crippen molar-refractivity contribution >= 4 is 29.0 Å². The van der Waals surface area contributed by atoms with E-state index in [1.165, 1.54) is 24.5 Å². The van der Waals surface area contributed by atoms with Gasteiger partial charge in [-0.15, -0.1) is 0 Å². The van der Waals surface area contributed by atoms with E-state index in [1.807, 2.05) is 12.1 Å². The topological polar surface area (TPSA) is 80.4 Å². The van der Waals surface area contributed by atoms with Gasteiger partial charge in [0.05, 0.1) is 5.41 Å². The summed E-state index contributed by atoms with van der Waals surface area (Å²) in [7, 11) is 0. The average Bonchev–Trinajstić information content (AvgIpc) is 3.37. The molecule has 1 aliphatic rings. The molecule has 3 rings (SSSR count). The van der Waals surface area contributed by atoms with Gasteiger partial charge in [-0.2, -0.15) is 9.38 Å². The fourth-order valence-electron chi connectivity index (χ4n) is 2.51. The van der Waals surface area contributed by atoms with E-state index in [2.05, 4.69) is 15.3 Å².